The van der Waals surface area contributed by atoms with E-state index in [0.717, 1.165) is 0 Å². The zero-order valence-electron chi connectivity index (χ0n) is 7.93. The van der Waals surface area contributed by atoms with Gasteiger partial charge in [0.25, 0.3) is 0 Å². The second kappa shape index (κ2) is 3.16. The molecular weight excluding hydrogens is 267 g/mol. The molecule has 0 radical (unpaired) electrons. The maximum absolute atomic E-state index is 11.4. The van der Waals surface area contributed by atoms with Crippen LogP contribution < -0.4 is 0 Å². The number of cyclic esters (lactones) is 1. The lowest BCUT2D eigenvalue weighted by Crippen LogP contribution is -2.32. The maximum atomic E-state index is 11.4. The molecule has 0 aromatic heterocycles. The maximum Gasteiger partial charge on any atom is 0.310 e. The van der Waals surface area contributed by atoms with Crippen LogP contribution >= 0.6 is 22.6 Å². The van der Waals surface area contributed by atoms with Crippen molar-refractivity contribution < 1.29 is 9.53 Å². The normalized spacial score (nSPS) is 36.8. The summed E-state index contributed by atoms with van der Waals surface area (Å²) in [5.41, 5.74) is 0. The summed E-state index contributed by atoms with van der Waals surface area (Å²) in [4.78, 5) is 11.4. The Hall–Kier alpha value is 0.200. The van der Waals surface area contributed by atoms with E-state index in [1.54, 1.807) is 0 Å². The van der Waals surface area contributed by atoms with Gasteiger partial charge in [0.1, 0.15) is 6.10 Å². The molecule has 1 heterocycles. The van der Waals surface area contributed by atoms with E-state index in [1.807, 2.05) is 6.92 Å². The van der Waals surface area contributed by atoms with Crippen molar-refractivity contribution in [3.05, 3.63) is 0 Å². The number of ether oxygens (including phenoxy) is 1. The van der Waals surface area contributed by atoms with Crippen molar-refractivity contribution in [1.82, 2.24) is 0 Å². The van der Waals surface area contributed by atoms with E-state index < -0.39 is 0 Å². The molecule has 0 aromatic carbocycles. The van der Waals surface area contributed by atoms with Crippen molar-refractivity contribution in [2.24, 2.45) is 11.8 Å². The van der Waals surface area contributed by atoms with Crippen molar-refractivity contribution in [3.8, 4) is 0 Å². The van der Waals surface area contributed by atoms with Gasteiger partial charge >= 0.3 is 5.97 Å². The third-order valence-electron chi connectivity index (χ3n) is 2.56. The summed E-state index contributed by atoms with van der Waals surface area (Å²) in [6.45, 7) is 8.20. The molecule has 3 unspecified atom stereocenters. The van der Waals surface area contributed by atoms with E-state index >= 15 is 0 Å². The van der Waals surface area contributed by atoms with Gasteiger partial charge in [-0.25, -0.2) is 0 Å². The van der Waals surface area contributed by atoms with Crippen molar-refractivity contribution in [2.45, 2.75) is 37.2 Å². The Morgan fingerprint density at radius 2 is 1.92 bits per heavy atom. The molecule has 70 valence electrons. The minimum atomic E-state index is -0.0330. The van der Waals surface area contributed by atoms with E-state index in [2.05, 4.69) is 43.4 Å². The number of esters is 1. The van der Waals surface area contributed by atoms with Crippen LogP contribution in [0.3, 0.4) is 0 Å². The highest BCUT2D eigenvalue weighted by molar-refractivity contribution is 14.1. The van der Waals surface area contributed by atoms with Crippen LogP contribution in [0, 0.1) is 11.8 Å². The molecule has 2 nitrogen and oxygen atoms in total. The number of rotatable bonds is 1. The Kier molecular flexibility index (Phi) is 2.71. The average Bonchev–Trinajstić information content (AvgIpc) is 2.05. The summed E-state index contributed by atoms with van der Waals surface area (Å²) in [5, 5.41) is 0. The summed E-state index contributed by atoms with van der Waals surface area (Å²) in [5.74, 6) is 0.354. The molecule has 0 bridgehead atoms. The Morgan fingerprint density at radius 1 is 1.42 bits per heavy atom. The fourth-order valence-corrected chi connectivity index (χ4v) is 2.58. The van der Waals surface area contributed by atoms with E-state index in [9.17, 15) is 4.79 Å². The molecule has 12 heavy (non-hydrogen) atoms. The SMILES string of the molecule is CC1OC(=O)C(C(C)(C)I)C1C. The van der Waals surface area contributed by atoms with Gasteiger partial charge < -0.3 is 4.74 Å². The molecule has 3 atom stereocenters. The summed E-state index contributed by atoms with van der Waals surface area (Å²) < 4.78 is 5.17. The molecular formula is C9H15IO2. The smallest absolute Gasteiger partial charge is 0.310 e. The van der Waals surface area contributed by atoms with Crippen LogP contribution in [-0.2, 0) is 9.53 Å². The third-order valence-corrected chi connectivity index (χ3v) is 3.23. The summed E-state index contributed by atoms with van der Waals surface area (Å²) in [7, 11) is 0. The van der Waals surface area contributed by atoms with Crippen molar-refractivity contribution in [1.29, 1.82) is 0 Å². The monoisotopic (exact) mass is 282 g/mol. The molecule has 1 aliphatic heterocycles. The van der Waals surface area contributed by atoms with E-state index in [-0.39, 0.29) is 21.4 Å². The van der Waals surface area contributed by atoms with Gasteiger partial charge in [-0.1, -0.05) is 29.5 Å². The topological polar surface area (TPSA) is 26.3 Å². The van der Waals surface area contributed by atoms with Crippen molar-refractivity contribution >= 4 is 28.6 Å². The number of carbonyl (C=O) groups excluding carboxylic acids is 1. The highest BCUT2D eigenvalue weighted by Gasteiger charge is 2.46. The van der Waals surface area contributed by atoms with Crippen molar-refractivity contribution in [3.63, 3.8) is 0 Å². The van der Waals surface area contributed by atoms with Crippen LogP contribution in [-0.4, -0.2) is 15.5 Å². The van der Waals surface area contributed by atoms with Crippen LogP contribution in [0.4, 0.5) is 0 Å². The molecule has 0 aromatic rings. The third kappa shape index (κ3) is 1.75. The number of hydrogen-bond acceptors (Lipinski definition) is 2. The fraction of sp³-hybridized carbons (Fsp3) is 0.889. The molecule has 0 amide bonds. The average molecular weight is 282 g/mol. The van der Waals surface area contributed by atoms with Crippen LogP contribution in [0.25, 0.3) is 0 Å². The fourth-order valence-electron chi connectivity index (χ4n) is 1.75. The van der Waals surface area contributed by atoms with Gasteiger partial charge in [0, 0.05) is 9.34 Å². The summed E-state index contributed by atoms with van der Waals surface area (Å²) in [6.07, 6.45) is 0.0801. The van der Waals surface area contributed by atoms with E-state index in [1.165, 1.54) is 0 Å². The van der Waals surface area contributed by atoms with Gasteiger partial charge in [0.2, 0.25) is 0 Å². The Labute approximate surface area is 87.2 Å². The van der Waals surface area contributed by atoms with Gasteiger partial charge in [0.15, 0.2) is 0 Å². The quantitative estimate of drug-likeness (QED) is 0.419. The minimum absolute atomic E-state index is 0.000972. The van der Waals surface area contributed by atoms with Crippen LogP contribution in [0.1, 0.15) is 27.7 Å². The van der Waals surface area contributed by atoms with Crippen molar-refractivity contribution in [2.75, 3.05) is 0 Å². The molecule has 3 heteroatoms. The molecule has 1 aliphatic rings. The Bertz CT molecular complexity index is 195. The highest BCUT2D eigenvalue weighted by atomic mass is 127. The molecule has 0 aliphatic carbocycles. The predicted molar refractivity (Wildman–Crippen MR) is 56.3 cm³/mol. The Balaban J connectivity index is 2.84. The standard InChI is InChI=1S/C9H15IO2/c1-5-6(2)12-8(11)7(5)9(3,4)10/h5-7H,1-4H3. The van der Waals surface area contributed by atoms with Gasteiger partial charge in [-0.05, 0) is 20.8 Å². The first kappa shape index (κ1) is 10.3. The molecule has 1 saturated heterocycles. The van der Waals surface area contributed by atoms with Gasteiger partial charge in [0.05, 0.1) is 5.92 Å². The van der Waals surface area contributed by atoms with E-state index in [0.29, 0.717) is 5.92 Å². The van der Waals surface area contributed by atoms with Crippen LogP contribution in [0.2, 0.25) is 0 Å². The zero-order valence-corrected chi connectivity index (χ0v) is 10.1. The molecule has 1 fully saturated rings. The number of alkyl halides is 1. The lowest BCUT2D eigenvalue weighted by Gasteiger charge is -2.25. The number of carbonyl (C=O) groups is 1. The first-order valence-corrected chi connectivity index (χ1v) is 5.31. The largest absolute Gasteiger partial charge is 0.462 e. The second-order valence-electron chi connectivity index (χ2n) is 4.04. The number of halogens is 1. The minimum Gasteiger partial charge on any atom is -0.462 e. The lowest BCUT2D eigenvalue weighted by atomic mass is 9.84. The molecule has 0 spiro atoms. The van der Waals surface area contributed by atoms with Crippen LogP contribution in [0.5, 0.6) is 0 Å². The Morgan fingerprint density at radius 3 is 2.08 bits per heavy atom. The second-order valence-corrected chi connectivity index (χ2v) is 6.82. The highest BCUT2D eigenvalue weighted by Crippen LogP contribution is 2.40. The van der Waals surface area contributed by atoms with Gasteiger partial charge in [-0.2, -0.15) is 0 Å². The first-order valence-electron chi connectivity index (χ1n) is 4.23. The summed E-state index contributed by atoms with van der Waals surface area (Å²) >= 11 is 2.32. The summed E-state index contributed by atoms with van der Waals surface area (Å²) in [6, 6.07) is 0. The first-order chi connectivity index (χ1) is 5.34. The van der Waals surface area contributed by atoms with E-state index in [4.69, 9.17) is 4.74 Å². The lowest BCUT2D eigenvalue weighted by molar-refractivity contribution is -0.144. The van der Waals surface area contributed by atoms with Gasteiger partial charge in [-0.15, -0.1) is 0 Å². The number of hydrogen-bond donors (Lipinski definition) is 0. The van der Waals surface area contributed by atoms with Gasteiger partial charge in [-0.3, -0.25) is 4.79 Å². The molecule has 0 N–H and O–H groups in total. The molecule has 0 saturated carbocycles. The molecule has 1 rings (SSSR count). The zero-order chi connectivity index (χ0) is 9.52. The predicted octanol–water partition coefficient (Wildman–Crippen LogP) is 2.40. The van der Waals surface area contributed by atoms with Crippen LogP contribution in [0.15, 0.2) is 0 Å².